The molecule has 0 N–H and O–H groups in total. The largest absolute Gasteiger partial charge is 0.467 e. The summed E-state index contributed by atoms with van der Waals surface area (Å²) in [5, 5.41) is 1.78. The third-order valence-corrected chi connectivity index (χ3v) is 7.76. The Hall–Kier alpha value is -2.61. The van der Waals surface area contributed by atoms with Gasteiger partial charge in [-0.05, 0) is 36.6 Å². The molecule has 2 aromatic carbocycles. The molecule has 1 saturated heterocycles. The Morgan fingerprint density at radius 2 is 1.86 bits per heavy atom. The van der Waals surface area contributed by atoms with Crippen LogP contribution in [0.4, 0.5) is 5.13 Å². The summed E-state index contributed by atoms with van der Waals surface area (Å²) in [6, 6.07) is 13.8. The first-order valence-corrected chi connectivity index (χ1v) is 13.0. The van der Waals surface area contributed by atoms with Crippen LogP contribution >= 0.6 is 34.5 Å². The average molecular weight is 532 g/mol. The topological polar surface area (TPSA) is 62.7 Å². The number of nitrogens with zero attached hydrogens (tertiary/aromatic N) is 3. The molecule has 1 atom stereocenters. The van der Waals surface area contributed by atoms with E-state index in [0.717, 1.165) is 27.7 Å². The Balaban J connectivity index is 1.64. The van der Waals surface area contributed by atoms with Crippen molar-refractivity contribution in [2.75, 3.05) is 31.6 Å². The predicted octanol–water partition coefficient (Wildman–Crippen LogP) is 5.82. The molecule has 1 fully saturated rings. The third-order valence-electron chi connectivity index (χ3n) is 5.88. The summed E-state index contributed by atoms with van der Waals surface area (Å²) in [5.74, 6) is -0.188. The van der Waals surface area contributed by atoms with Crippen molar-refractivity contribution in [1.29, 1.82) is 0 Å². The molecule has 0 bridgehead atoms. The number of hydrogen-bond acceptors (Lipinski definition) is 6. The Bertz CT molecular complexity index is 1220. The molecule has 0 spiro atoms. The molecule has 1 aliphatic rings. The second-order valence-corrected chi connectivity index (χ2v) is 10.7. The highest BCUT2D eigenvalue weighted by Crippen LogP contribution is 2.37. The maximum absolute atomic E-state index is 13.2. The Morgan fingerprint density at radius 3 is 2.51 bits per heavy atom. The number of carbonyl (C=O) groups is 2. The monoisotopic (exact) mass is 531 g/mol. The fraction of sp³-hybridized carbons (Fsp3) is 0.346. The standard InChI is InChI=1S/C26H27Cl2N3O3S/c1-16(2)13-22-23(18-9-10-19(27)20(28)14-18)29-26(35-22)30-11-12-31(21(15-30)25(33)34-3)24(32)17-7-5-4-6-8-17/h4-10,14,16,21H,11-13,15H2,1-3H3. The van der Waals surface area contributed by atoms with E-state index in [2.05, 4.69) is 18.7 Å². The summed E-state index contributed by atoms with van der Waals surface area (Å²) in [6.07, 6.45) is 0.861. The predicted molar refractivity (Wildman–Crippen MR) is 142 cm³/mol. The van der Waals surface area contributed by atoms with Gasteiger partial charge in [-0.15, -0.1) is 11.3 Å². The zero-order valence-corrected chi connectivity index (χ0v) is 22.2. The molecule has 1 aliphatic heterocycles. The van der Waals surface area contributed by atoms with Crippen molar-refractivity contribution in [1.82, 2.24) is 9.88 Å². The van der Waals surface area contributed by atoms with Gasteiger partial charge in [0.25, 0.3) is 5.91 Å². The van der Waals surface area contributed by atoms with Crippen LogP contribution < -0.4 is 4.90 Å². The van der Waals surface area contributed by atoms with Crippen molar-refractivity contribution in [3.63, 3.8) is 0 Å². The number of methoxy groups -OCH3 is 1. The first kappa shape index (κ1) is 25.5. The summed E-state index contributed by atoms with van der Waals surface area (Å²) in [7, 11) is 1.35. The summed E-state index contributed by atoms with van der Waals surface area (Å²) in [5.41, 5.74) is 2.32. The van der Waals surface area contributed by atoms with Gasteiger partial charge < -0.3 is 14.5 Å². The molecule has 3 aromatic rings. The molecule has 0 radical (unpaired) electrons. The van der Waals surface area contributed by atoms with Gasteiger partial charge in [-0.25, -0.2) is 9.78 Å². The number of esters is 1. The molecule has 1 aromatic heterocycles. The summed E-state index contributed by atoms with van der Waals surface area (Å²) >= 11 is 14.0. The fourth-order valence-electron chi connectivity index (χ4n) is 4.14. The normalized spacial score (nSPS) is 16.0. The lowest BCUT2D eigenvalue weighted by Gasteiger charge is -2.39. The van der Waals surface area contributed by atoms with Crippen LogP contribution in [0.5, 0.6) is 0 Å². The van der Waals surface area contributed by atoms with E-state index in [0.29, 0.717) is 41.2 Å². The lowest BCUT2D eigenvalue weighted by atomic mass is 10.0. The summed E-state index contributed by atoms with van der Waals surface area (Å²) in [4.78, 5) is 35.6. The Kier molecular flexibility index (Phi) is 7.99. The van der Waals surface area contributed by atoms with Crippen molar-refractivity contribution in [3.05, 3.63) is 69.0 Å². The van der Waals surface area contributed by atoms with Crippen LogP contribution in [0.15, 0.2) is 48.5 Å². The van der Waals surface area contributed by atoms with E-state index >= 15 is 0 Å². The summed E-state index contributed by atoms with van der Waals surface area (Å²) in [6.45, 7) is 5.58. The minimum absolute atomic E-state index is 0.184. The van der Waals surface area contributed by atoms with Crippen LogP contribution in [0, 0.1) is 5.92 Å². The van der Waals surface area contributed by atoms with Gasteiger partial charge in [0.2, 0.25) is 0 Å². The van der Waals surface area contributed by atoms with Crippen molar-refractivity contribution in [3.8, 4) is 11.3 Å². The Morgan fingerprint density at radius 1 is 1.11 bits per heavy atom. The van der Waals surface area contributed by atoms with E-state index in [1.807, 2.05) is 30.3 Å². The quantitative estimate of drug-likeness (QED) is 0.375. The SMILES string of the molecule is COC(=O)C1CN(c2nc(-c3ccc(Cl)c(Cl)c3)c(CC(C)C)s2)CCN1C(=O)c1ccccc1. The van der Waals surface area contributed by atoms with Crippen LogP contribution in [0.3, 0.4) is 0 Å². The number of benzene rings is 2. The molecule has 1 amide bonds. The van der Waals surface area contributed by atoms with E-state index in [1.165, 1.54) is 7.11 Å². The number of halogens is 2. The molecule has 1 unspecified atom stereocenters. The van der Waals surface area contributed by atoms with Gasteiger partial charge in [0.1, 0.15) is 6.04 Å². The second kappa shape index (κ2) is 11.0. The minimum atomic E-state index is -0.729. The molecule has 4 rings (SSSR count). The van der Waals surface area contributed by atoms with E-state index in [9.17, 15) is 9.59 Å². The first-order valence-electron chi connectivity index (χ1n) is 11.4. The lowest BCUT2D eigenvalue weighted by Crippen LogP contribution is -2.58. The number of hydrogen-bond donors (Lipinski definition) is 0. The van der Waals surface area contributed by atoms with Crippen molar-refractivity contribution in [2.24, 2.45) is 5.92 Å². The molecular formula is C26H27Cl2N3O3S. The van der Waals surface area contributed by atoms with Crippen LogP contribution in [0.25, 0.3) is 11.3 Å². The van der Waals surface area contributed by atoms with E-state index < -0.39 is 12.0 Å². The zero-order valence-electron chi connectivity index (χ0n) is 19.8. The van der Waals surface area contributed by atoms with Gasteiger partial charge in [0, 0.05) is 29.1 Å². The lowest BCUT2D eigenvalue weighted by molar-refractivity contribution is -0.146. The maximum atomic E-state index is 13.2. The van der Waals surface area contributed by atoms with Crippen LogP contribution in [0.1, 0.15) is 29.1 Å². The minimum Gasteiger partial charge on any atom is -0.467 e. The van der Waals surface area contributed by atoms with E-state index in [4.69, 9.17) is 32.9 Å². The smallest absolute Gasteiger partial charge is 0.330 e. The zero-order chi connectivity index (χ0) is 25.1. The second-order valence-electron chi connectivity index (χ2n) is 8.84. The first-order chi connectivity index (χ1) is 16.8. The molecule has 184 valence electrons. The third kappa shape index (κ3) is 5.63. The average Bonchev–Trinajstić information content (AvgIpc) is 3.28. The number of thiazole rings is 1. The van der Waals surface area contributed by atoms with Gasteiger partial charge in [0.15, 0.2) is 5.13 Å². The number of ether oxygens (including phenoxy) is 1. The van der Waals surface area contributed by atoms with E-state index in [1.54, 1.807) is 34.4 Å². The highest BCUT2D eigenvalue weighted by Gasteiger charge is 2.37. The number of anilines is 1. The molecule has 0 aliphatic carbocycles. The van der Waals surface area contributed by atoms with Gasteiger partial charge in [-0.2, -0.15) is 0 Å². The molecular weight excluding hydrogens is 505 g/mol. The van der Waals surface area contributed by atoms with Gasteiger partial charge in [-0.1, -0.05) is 61.3 Å². The number of rotatable bonds is 6. The Labute approximate surface area is 219 Å². The molecule has 35 heavy (non-hydrogen) atoms. The van der Waals surface area contributed by atoms with Crippen molar-refractivity contribution in [2.45, 2.75) is 26.3 Å². The number of carbonyl (C=O) groups excluding carboxylic acids is 2. The molecule has 9 heteroatoms. The van der Waals surface area contributed by atoms with Crippen molar-refractivity contribution < 1.29 is 14.3 Å². The molecule has 6 nitrogen and oxygen atoms in total. The number of piperazine rings is 1. The fourth-order valence-corrected chi connectivity index (χ4v) is 5.76. The molecule has 2 heterocycles. The van der Waals surface area contributed by atoms with E-state index in [-0.39, 0.29) is 5.91 Å². The van der Waals surface area contributed by atoms with Crippen LogP contribution in [-0.2, 0) is 16.0 Å². The van der Waals surface area contributed by atoms with Crippen molar-refractivity contribution >= 4 is 51.5 Å². The molecule has 0 saturated carbocycles. The summed E-state index contributed by atoms with van der Waals surface area (Å²) < 4.78 is 5.06. The number of aromatic nitrogens is 1. The number of amides is 1. The van der Waals surface area contributed by atoms with Gasteiger partial charge in [0.05, 0.1) is 29.4 Å². The maximum Gasteiger partial charge on any atom is 0.330 e. The van der Waals surface area contributed by atoms with Crippen LogP contribution in [0.2, 0.25) is 10.0 Å². The highest BCUT2D eigenvalue weighted by atomic mass is 35.5. The highest BCUT2D eigenvalue weighted by molar-refractivity contribution is 7.16. The van der Waals surface area contributed by atoms with Gasteiger partial charge in [-0.3, -0.25) is 4.79 Å². The van der Waals surface area contributed by atoms with Crippen LogP contribution in [-0.4, -0.2) is 54.5 Å². The van der Waals surface area contributed by atoms with Gasteiger partial charge >= 0.3 is 5.97 Å².